The third-order valence-electron chi connectivity index (χ3n) is 4.85. The Kier molecular flexibility index (Phi) is 6.67. The minimum absolute atomic E-state index is 0.0509. The number of hydrogen-bond donors (Lipinski definition) is 1. The van der Waals surface area contributed by atoms with Crippen LogP contribution < -0.4 is 10.1 Å². The molecule has 2 atom stereocenters. The molecule has 2 aromatic rings. The molecule has 0 bridgehead atoms. The van der Waals surface area contributed by atoms with Gasteiger partial charge in [-0.05, 0) is 49.1 Å². The Hall–Kier alpha value is -2.33. The first-order valence-electron chi connectivity index (χ1n) is 9.44. The van der Waals surface area contributed by atoms with Crippen molar-refractivity contribution >= 4 is 5.91 Å². The fraction of sp³-hybridized carbons (Fsp3) is 0.409. The molecule has 1 N–H and O–H groups in total. The fourth-order valence-electron chi connectivity index (χ4n) is 3.21. The van der Waals surface area contributed by atoms with E-state index in [-0.39, 0.29) is 12.0 Å². The third-order valence-corrected chi connectivity index (χ3v) is 4.85. The third kappa shape index (κ3) is 5.09. The highest BCUT2D eigenvalue weighted by molar-refractivity contribution is 5.94. The van der Waals surface area contributed by atoms with Gasteiger partial charge in [0.2, 0.25) is 0 Å². The lowest BCUT2D eigenvalue weighted by molar-refractivity contribution is 0.0679. The Bertz CT molecular complexity index is 678. The first kappa shape index (κ1) is 18.5. The van der Waals surface area contributed by atoms with E-state index in [2.05, 4.69) is 24.4 Å². The van der Waals surface area contributed by atoms with E-state index in [0.717, 1.165) is 31.6 Å². The summed E-state index contributed by atoms with van der Waals surface area (Å²) in [5, 5.41) is 3.04. The van der Waals surface area contributed by atoms with Crippen molar-refractivity contribution in [1.29, 1.82) is 0 Å². The van der Waals surface area contributed by atoms with Crippen molar-refractivity contribution in [2.24, 2.45) is 0 Å². The van der Waals surface area contributed by atoms with Crippen molar-refractivity contribution in [1.82, 2.24) is 5.32 Å². The number of carbonyl (C=O) groups is 1. The molecule has 26 heavy (non-hydrogen) atoms. The van der Waals surface area contributed by atoms with Crippen molar-refractivity contribution in [3.63, 3.8) is 0 Å². The molecule has 1 heterocycles. The van der Waals surface area contributed by atoms with Crippen LogP contribution in [0.5, 0.6) is 5.75 Å². The molecule has 3 rings (SSSR count). The van der Waals surface area contributed by atoms with Crippen LogP contribution in [0.3, 0.4) is 0 Å². The molecule has 0 radical (unpaired) electrons. The molecule has 0 spiro atoms. The molecule has 0 aliphatic carbocycles. The minimum Gasteiger partial charge on any atom is -0.491 e. The summed E-state index contributed by atoms with van der Waals surface area (Å²) in [5.41, 5.74) is 1.91. The Balaban J connectivity index is 1.49. The maximum absolute atomic E-state index is 12.4. The Labute approximate surface area is 155 Å². The summed E-state index contributed by atoms with van der Waals surface area (Å²) in [4.78, 5) is 12.4. The van der Waals surface area contributed by atoms with Gasteiger partial charge in [-0.1, -0.05) is 37.3 Å². The largest absolute Gasteiger partial charge is 0.491 e. The lowest BCUT2D eigenvalue weighted by Gasteiger charge is -2.16. The van der Waals surface area contributed by atoms with Crippen molar-refractivity contribution in [2.45, 2.75) is 38.2 Å². The maximum atomic E-state index is 12.4. The van der Waals surface area contributed by atoms with Gasteiger partial charge in [0.1, 0.15) is 12.4 Å². The number of amides is 1. The first-order chi connectivity index (χ1) is 12.8. The summed E-state index contributed by atoms with van der Waals surface area (Å²) in [5.74, 6) is 1.05. The van der Waals surface area contributed by atoms with Gasteiger partial charge in [-0.15, -0.1) is 0 Å². The summed E-state index contributed by atoms with van der Waals surface area (Å²) in [7, 11) is 0. The van der Waals surface area contributed by atoms with Gasteiger partial charge < -0.3 is 14.8 Å². The molecule has 4 nitrogen and oxygen atoms in total. The predicted octanol–water partition coefficient (Wildman–Crippen LogP) is 4.17. The van der Waals surface area contributed by atoms with Gasteiger partial charge in [0.25, 0.3) is 5.91 Å². The molecule has 4 heteroatoms. The molecule has 138 valence electrons. The molecule has 2 aromatic carbocycles. The van der Waals surface area contributed by atoms with E-state index in [4.69, 9.17) is 9.47 Å². The summed E-state index contributed by atoms with van der Waals surface area (Å²) >= 11 is 0. The Morgan fingerprint density at radius 2 is 1.96 bits per heavy atom. The average molecular weight is 353 g/mol. The number of nitrogens with one attached hydrogen (secondary N) is 1. The van der Waals surface area contributed by atoms with Crippen LogP contribution in [0, 0.1) is 0 Å². The van der Waals surface area contributed by atoms with E-state index in [1.165, 1.54) is 5.56 Å². The number of carbonyl (C=O) groups excluding carboxylic acids is 1. The SMILES string of the molecule is CCC(CNC(=O)c1ccc(OCC2CCCO2)cc1)c1ccccc1. The topological polar surface area (TPSA) is 47.6 Å². The molecular formula is C22H27NO3. The van der Waals surface area contributed by atoms with E-state index < -0.39 is 0 Å². The second-order valence-electron chi connectivity index (χ2n) is 6.70. The van der Waals surface area contributed by atoms with Gasteiger partial charge in [0.15, 0.2) is 0 Å². The highest BCUT2D eigenvalue weighted by Gasteiger charge is 2.16. The molecule has 0 saturated carbocycles. The van der Waals surface area contributed by atoms with E-state index in [9.17, 15) is 4.79 Å². The quantitative estimate of drug-likeness (QED) is 0.775. The van der Waals surface area contributed by atoms with Gasteiger partial charge >= 0.3 is 0 Å². The summed E-state index contributed by atoms with van der Waals surface area (Å²) < 4.78 is 11.3. The van der Waals surface area contributed by atoms with Gasteiger partial charge in [0.05, 0.1) is 6.10 Å². The molecule has 1 aliphatic rings. The average Bonchev–Trinajstić information content (AvgIpc) is 3.21. The second-order valence-corrected chi connectivity index (χ2v) is 6.70. The standard InChI is InChI=1S/C22H27NO3/c1-2-17(18-7-4-3-5-8-18)15-23-22(24)19-10-12-20(13-11-19)26-16-21-9-6-14-25-21/h3-5,7-8,10-13,17,21H,2,6,9,14-16H2,1H3,(H,23,24). The number of hydrogen-bond acceptors (Lipinski definition) is 3. The fourth-order valence-corrected chi connectivity index (χ4v) is 3.21. The van der Waals surface area contributed by atoms with Crippen LogP contribution in [0.1, 0.15) is 48.0 Å². The Morgan fingerprint density at radius 3 is 2.62 bits per heavy atom. The summed E-state index contributed by atoms with van der Waals surface area (Å²) in [6, 6.07) is 17.6. The van der Waals surface area contributed by atoms with Crippen molar-refractivity contribution in [3.05, 3.63) is 65.7 Å². The van der Waals surface area contributed by atoms with E-state index in [1.807, 2.05) is 42.5 Å². The monoisotopic (exact) mass is 353 g/mol. The van der Waals surface area contributed by atoms with E-state index in [1.54, 1.807) is 0 Å². The van der Waals surface area contributed by atoms with Gasteiger partial charge in [-0.25, -0.2) is 0 Å². The smallest absolute Gasteiger partial charge is 0.251 e. The van der Waals surface area contributed by atoms with Crippen LogP contribution in [0.15, 0.2) is 54.6 Å². The number of ether oxygens (including phenoxy) is 2. The zero-order valence-corrected chi connectivity index (χ0v) is 15.3. The first-order valence-corrected chi connectivity index (χ1v) is 9.44. The van der Waals surface area contributed by atoms with Gasteiger partial charge in [-0.2, -0.15) is 0 Å². The lowest BCUT2D eigenvalue weighted by atomic mass is 9.96. The van der Waals surface area contributed by atoms with Crippen molar-refractivity contribution in [3.8, 4) is 5.75 Å². The molecular weight excluding hydrogens is 326 g/mol. The lowest BCUT2D eigenvalue weighted by Crippen LogP contribution is -2.28. The molecule has 1 amide bonds. The Morgan fingerprint density at radius 1 is 1.19 bits per heavy atom. The van der Waals surface area contributed by atoms with Crippen LogP contribution in [-0.2, 0) is 4.74 Å². The number of rotatable bonds is 8. The van der Waals surface area contributed by atoms with Crippen molar-refractivity contribution in [2.75, 3.05) is 19.8 Å². The minimum atomic E-state index is -0.0509. The highest BCUT2D eigenvalue weighted by atomic mass is 16.5. The molecule has 1 aliphatic heterocycles. The van der Waals surface area contributed by atoms with Crippen LogP contribution >= 0.6 is 0 Å². The second kappa shape index (κ2) is 9.39. The van der Waals surface area contributed by atoms with Crippen LogP contribution in [-0.4, -0.2) is 31.8 Å². The van der Waals surface area contributed by atoms with E-state index >= 15 is 0 Å². The van der Waals surface area contributed by atoms with E-state index in [0.29, 0.717) is 24.6 Å². The van der Waals surface area contributed by atoms with Crippen LogP contribution in [0.4, 0.5) is 0 Å². The van der Waals surface area contributed by atoms with Crippen LogP contribution in [0.2, 0.25) is 0 Å². The molecule has 2 unspecified atom stereocenters. The zero-order chi connectivity index (χ0) is 18.2. The van der Waals surface area contributed by atoms with Gasteiger partial charge in [0, 0.05) is 24.6 Å². The normalized spacial score (nSPS) is 17.7. The molecule has 1 saturated heterocycles. The molecule has 1 fully saturated rings. The van der Waals surface area contributed by atoms with Gasteiger partial charge in [-0.3, -0.25) is 4.79 Å². The number of benzene rings is 2. The zero-order valence-electron chi connectivity index (χ0n) is 15.3. The molecule has 0 aromatic heterocycles. The highest BCUT2D eigenvalue weighted by Crippen LogP contribution is 2.19. The van der Waals surface area contributed by atoms with Crippen LogP contribution in [0.25, 0.3) is 0 Å². The van der Waals surface area contributed by atoms with Crippen molar-refractivity contribution < 1.29 is 14.3 Å². The summed E-state index contributed by atoms with van der Waals surface area (Å²) in [6.45, 7) is 4.18. The summed E-state index contributed by atoms with van der Waals surface area (Å²) in [6.07, 6.45) is 3.34. The predicted molar refractivity (Wildman–Crippen MR) is 103 cm³/mol. The maximum Gasteiger partial charge on any atom is 0.251 e.